The van der Waals surface area contributed by atoms with Gasteiger partial charge in [-0.3, -0.25) is 9.59 Å². The number of nitrogens with zero attached hydrogens (tertiary/aromatic N) is 2. The second-order valence-corrected chi connectivity index (χ2v) is 9.05. The van der Waals surface area contributed by atoms with E-state index in [1.807, 2.05) is 48.5 Å². The number of ether oxygens (including phenoxy) is 3. The number of carboxylic acids is 1. The molecule has 10 nitrogen and oxygen atoms in total. The average Bonchev–Trinajstić information content (AvgIpc) is 3.67. The van der Waals surface area contributed by atoms with Gasteiger partial charge in [0.15, 0.2) is 0 Å². The fourth-order valence-electron chi connectivity index (χ4n) is 3.98. The Labute approximate surface area is 239 Å². The number of aliphatic carboxylic acids is 1. The Hall–Kier alpha value is -4.60. The number of para-hydroxylation sites is 2. The summed E-state index contributed by atoms with van der Waals surface area (Å²) in [7, 11) is 4.63. The van der Waals surface area contributed by atoms with Crippen molar-refractivity contribution in [3.05, 3.63) is 72.4 Å². The number of esters is 1. The Balaban J connectivity index is 0.000000226. The Morgan fingerprint density at radius 2 is 1.17 bits per heavy atom. The monoisotopic (exact) mass is 564 g/mol. The van der Waals surface area contributed by atoms with Crippen molar-refractivity contribution in [3.63, 3.8) is 0 Å². The van der Waals surface area contributed by atoms with Gasteiger partial charge in [0, 0.05) is 25.7 Å². The largest absolute Gasteiger partial charge is 0.496 e. The Bertz CT molecular complexity index is 1380. The Kier molecular flexibility index (Phi) is 12.4. The topological polar surface area (TPSA) is 134 Å². The van der Waals surface area contributed by atoms with E-state index in [1.165, 1.54) is 7.11 Å². The van der Waals surface area contributed by atoms with E-state index in [0.717, 1.165) is 54.1 Å². The van der Waals surface area contributed by atoms with E-state index < -0.39 is 5.97 Å². The molecule has 0 amide bonds. The minimum Gasteiger partial charge on any atom is -0.496 e. The van der Waals surface area contributed by atoms with E-state index in [-0.39, 0.29) is 12.4 Å². The summed E-state index contributed by atoms with van der Waals surface area (Å²) >= 11 is 0. The highest BCUT2D eigenvalue weighted by atomic mass is 16.5. The van der Waals surface area contributed by atoms with Gasteiger partial charge < -0.3 is 28.2 Å². The molecule has 0 saturated carbocycles. The molecule has 0 radical (unpaired) electrons. The third-order valence-corrected chi connectivity index (χ3v) is 6.13. The first kappa shape index (κ1) is 30.9. The summed E-state index contributed by atoms with van der Waals surface area (Å²) in [5.74, 6) is 3.14. The van der Waals surface area contributed by atoms with Gasteiger partial charge in [-0.15, -0.1) is 0 Å². The number of carboxylic acid groups (broad SMARTS) is 1. The molecule has 0 bridgehead atoms. The summed E-state index contributed by atoms with van der Waals surface area (Å²) in [6.45, 7) is 0. The molecule has 218 valence electrons. The number of benzene rings is 2. The zero-order valence-electron chi connectivity index (χ0n) is 23.6. The smallest absolute Gasteiger partial charge is 0.305 e. The highest BCUT2D eigenvalue weighted by Gasteiger charge is 2.13. The predicted molar refractivity (Wildman–Crippen MR) is 152 cm³/mol. The van der Waals surface area contributed by atoms with E-state index in [4.69, 9.17) is 23.4 Å². The third-order valence-electron chi connectivity index (χ3n) is 6.13. The molecule has 0 aliphatic carbocycles. The van der Waals surface area contributed by atoms with Gasteiger partial charge >= 0.3 is 11.9 Å². The van der Waals surface area contributed by atoms with Gasteiger partial charge in [-0.2, -0.15) is 0 Å². The van der Waals surface area contributed by atoms with Crippen molar-refractivity contribution in [2.45, 2.75) is 51.4 Å². The summed E-state index contributed by atoms with van der Waals surface area (Å²) in [6, 6.07) is 15.1. The standard InChI is InChI=1S/C16H19NO4.C15H17NO4/c1-19-14-9-5-4-8-13(14)16-17-11-12(21-16)7-3-6-10-15(18)20-2;1-19-13-8-4-3-7-12(13)15-16-10-11(20-15)6-2-5-9-14(17)18/h4-5,8-9,11H,3,6-7,10H2,1-2H3;3-4,7-8,10H,2,5-6,9H2,1H3,(H,17,18). The van der Waals surface area contributed by atoms with Gasteiger partial charge in [0.05, 0.1) is 44.8 Å². The predicted octanol–water partition coefficient (Wildman–Crippen LogP) is 6.38. The fraction of sp³-hybridized carbons (Fsp3) is 0.355. The van der Waals surface area contributed by atoms with Crippen LogP contribution in [0.5, 0.6) is 11.5 Å². The van der Waals surface area contributed by atoms with Gasteiger partial charge in [0.1, 0.15) is 23.0 Å². The first-order chi connectivity index (χ1) is 19.9. The summed E-state index contributed by atoms with van der Waals surface area (Å²) in [5, 5.41) is 8.57. The molecule has 0 unspecified atom stereocenters. The zero-order valence-corrected chi connectivity index (χ0v) is 23.6. The van der Waals surface area contributed by atoms with Crippen molar-refractivity contribution in [3.8, 4) is 34.4 Å². The minimum atomic E-state index is -0.766. The summed E-state index contributed by atoms with van der Waals surface area (Å²) in [4.78, 5) is 30.0. The van der Waals surface area contributed by atoms with Crippen LogP contribution in [0, 0.1) is 0 Å². The number of methoxy groups -OCH3 is 3. The molecular formula is C31H36N2O8. The molecule has 0 aliphatic rings. The highest BCUT2D eigenvalue weighted by Crippen LogP contribution is 2.30. The van der Waals surface area contributed by atoms with Crippen LogP contribution in [-0.2, 0) is 27.2 Å². The van der Waals surface area contributed by atoms with Crippen LogP contribution in [0.15, 0.2) is 69.8 Å². The van der Waals surface area contributed by atoms with E-state index in [2.05, 4.69) is 14.7 Å². The molecule has 0 aliphatic heterocycles. The minimum absolute atomic E-state index is 0.178. The van der Waals surface area contributed by atoms with Crippen LogP contribution in [0.2, 0.25) is 0 Å². The molecule has 0 spiro atoms. The number of carbonyl (C=O) groups is 2. The number of hydrogen-bond acceptors (Lipinski definition) is 9. The quantitative estimate of drug-likeness (QED) is 0.136. The van der Waals surface area contributed by atoms with E-state index >= 15 is 0 Å². The fourth-order valence-corrected chi connectivity index (χ4v) is 3.98. The number of oxazole rings is 2. The zero-order chi connectivity index (χ0) is 29.5. The average molecular weight is 565 g/mol. The second kappa shape index (κ2) is 16.5. The van der Waals surface area contributed by atoms with Crippen LogP contribution in [0.25, 0.3) is 22.9 Å². The van der Waals surface area contributed by atoms with Crippen molar-refractivity contribution in [1.82, 2.24) is 9.97 Å². The first-order valence-corrected chi connectivity index (χ1v) is 13.4. The lowest BCUT2D eigenvalue weighted by molar-refractivity contribution is -0.140. The molecule has 4 rings (SSSR count). The van der Waals surface area contributed by atoms with E-state index in [0.29, 0.717) is 36.8 Å². The van der Waals surface area contributed by atoms with Crippen LogP contribution in [0.1, 0.15) is 50.0 Å². The van der Waals surface area contributed by atoms with Crippen LogP contribution < -0.4 is 9.47 Å². The van der Waals surface area contributed by atoms with Crippen molar-refractivity contribution in [2.24, 2.45) is 0 Å². The summed E-state index contributed by atoms with van der Waals surface area (Å²) in [5.41, 5.74) is 1.65. The maximum Gasteiger partial charge on any atom is 0.305 e. The van der Waals surface area contributed by atoms with Crippen LogP contribution in [-0.4, -0.2) is 48.3 Å². The molecule has 0 atom stereocenters. The van der Waals surface area contributed by atoms with Crippen molar-refractivity contribution in [2.75, 3.05) is 21.3 Å². The Morgan fingerprint density at radius 3 is 1.61 bits per heavy atom. The number of carbonyl (C=O) groups excluding carboxylic acids is 1. The van der Waals surface area contributed by atoms with Crippen LogP contribution in [0.4, 0.5) is 0 Å². The molecular weight excluding hydrogens is 528 g/mol. The lowest BCUT2D eigenvalue weighted by Gasteiger charge is -2.04. The number of rotatable bonds is 14. The molecule has 2 aromatic heterocycles. The number of aromatic nitrogens is 2. The van der Waals surface area contributed by atoms with Crippen molar-refractivity contribution in [1.29, 1.82) is 0 Å². The molecule has 2 heterocycles. The molecule has 1 N–H and O–H groups in total. The normalized spacial score (nSPS) is 10.4. The summed E-state index contributed by atoms with van der Waals surface area (Å²) in [6.07, 6.45) is 8.51. The maximum atomic E-state index is 11.0. The molecule has 0 saturated heterocycles. The molecule has 10 heteroatoms. The van der Waals surface area contributed by atoms with E-state index in [9.17, 15) is 9.59 Å². The Morgan fingerprint density at radius 1 is 0.707 bits per heavy atom. The lowest BCUT2D eigenvalue weighted by atomic mass is 10.2. The second-order valence-electron chi connectivity index (χ2n) is 9.05. The van der Waals surface area contributed by atoms with Gasteiger partial charge in [-0.25, -0.2) is 9.97 Å². The SMILES string of the molecule is COC(=O)CCCCc1cnc(-c2ccccc2OC)o1.COc1ccccc1-c1ncc(CCCCC(=O)O)o1. The van der Waals surface area contributed by atoms with Gasteiger partial charge in [-0.1, -0.05) is 24.3 Å². The van der Waals surface area contributed by atoms with E-state index in [1.54, 1.807) is 26.6 Å². The third kappa shape index (κ3) is 9.82. The molecule has 4 aromatic rings. The molecule has 0 fully saturated rings. The number of hydrogen-bond donors (Lipinski definition) is 1. The van der Waals surface area contributed by atoms with Crippen molar-refractivity contribution >= 4 is 11.9 Å². The molecule has 2 aromatic carbocycles. The van der Waals surface area contributed by atoms with Crippen LogP contribution in [0.3, 0.4) is 0 Å². The van der Waals surface area contributed by atoms with Gasteiger partial charge in [0.2, 0.25) is 11.8 Å². The molecule has 41 heavy (non-hydrogen) atoms. The highest BCUT2D eigenvalue weighted by molar-refractivity contribution is 5.69. The van der Waals surface area contributed by atoms with Gasteiger partial charge in [0.25, 0.3) is 0 Å². The number of aryl methyl sites for hydroxylation is 2. The van der Waals surface area contributed by atoms with Gasteiger partial charge in [-0.05, 0) is 49.9 Å². The van der Waals surface area contributed by atoms with Crippen molar-refractivity contribution < 1.29 is 37.7 Å². The summed E-state index contributed by atoms with van der Waals surface area (Å²) < 4.78 is 26.6. The first-order valence-electron chi connectivity index (χ1n) is 13.4. The number of unbranched alkanes of at least 4 members (excludes halogenated alkanes) is 2. The maximum absolute atomic E-state index is 11.0. The lowest BCUT2D eigenvalue weighted by Crippen LogP contribution is -1.99. The van der Waals surface area contributed by atoms with Crippen LogP contribution >= 0.6 is 0 Å².